The van der Waals surface area contributed by atoms with Crippen molar-refractivity contribution in [3.8, 4) is 11.5 Å². The molecule has 0 spiro atoms. The molecule has 0 fully saturated rings. The van der Waals surface area contributed by atoms with E-state index in [1.54, 1.807) is 18.2 Å². The molecule has 2 aromatic rings. The van der Waals surface area contributed by atoms with Crippen molar-refractivity contribution in [1.29, 1.82) is 0 Å². The van der Waals surface area contributed by atoms with Gasteiger partial charge in [-0.25, -0.2) is 0 Å². The van der Waals surface area contributed by atoms with Crippen LogP contribution >= 0.6 is 23.2 Å². The molecule has 0 aliphatic rings. The summed E-state index contributed by atoms with van der Waals surface area (Å²) in [5, 5.41) is 4.52. The maximum absolute atomic E-state index is 6.15. The molecule has 0 bridgehead atoms. The van der Waals surface area contributed by atoms with E-state index in [2.05, 4.69) is 24.3 Å². The van der Waals surface area contributed by atoms with Gasteiger partial charge in [-0.3, -0.25) is 0 Å². The molecule has 0 amide bonds. The van der Waals surface area contributed by atoms with Gasteiger partial charge < -0.3 is 15.0 Å². The van der Waals surface area contributed by atoms with E-state index in [1.165, 1.54) is 0 Å². The second kappa shape index (κ2) is 8.28. The van der Waals surface area contributed by atoms with Crippen LogP contribution in [0.15, 0.2) is 42.5 Å². The quantitative estimate of drug-likeness (QED) is 0.706. The Bertz CT molecular complexity index is 617. The minimum Gasteiger partial charge on any atom is -0.454 e. The molecule has 2 aromatic carbocycles. The van der Waals surface area contributed by atoms with E-state index in [0.717, 1.165) is 30.9 Å². The molecule has 2 rings (SSSR count). The summed E-state index contributed by atoms with van der Waals surface area (Å²) >= 11 is 12.1. The highest BCUT2D eigenvalue weighted by Gasteiger charge is 2.08. The van der Waals surface area contributed by atoms with Gasteiger partial charge in [0.2, 0.25) is 0 Å². The van der Waals surface area contributed by atoms with E-state index < -0.39 is 0 Å². The van der Waals surface area contributed by atoms with E-state index >= 15 is 0 Å². The van der Waals surface area contributed by atoms with Gasteiger partial charge in [-0.1, -0.05) is 35.3 Å². The number of halogens is 2. The van der Waals surface area contributed by atoms with E-state index in [4.69, 9.17) is 27.9 Å². The molecule has 0 aromatic heterocycles. The number of benzene rings is 2. The lowest BCUT2D eigenvalue weighted by Gasteiger charge is -2.15. The van der Waals surface area contributed by atoms with Crippen molar-refractivity contribution in [2.45, 2.75) is 6.42 Å². The molecule has 0 radical (unpaired) electrons. The molecule has 22 heavy (non-hydrogen) atoms. The van der Waals surface area contributed by atoms with Crippen LogP contribution < -0.4 is 10.1 Å². The second-order valence-corrected chi connectivity index (χ2v) is 6.10. The van der Waals surface area contributed by atoms with Crippen molar-refractivity contribution in [3.05, 3.63) is 52.5 Å². The molecule has 3 nitrogen and oxygen atoms in total. The number of rotatable bonds is 7. The van der Waals surface area contributed by atoms with Crippen LogP contribution in [0.2, 0.25) is 10.0 Å². The predicted octanol–water partition coefficient (Wildman–Crippen LogP) is 5.15. The van der Waals surface area contributed by atoms with E-state index in [9.17, 15) is 0 Å². The first-order chi connectivity index (χ1) is 10.6. The summed E-state index contributed by atoms with van der Waals surface area (Å²) in [6.45, 7) is 1.91. The molecular weight excluding hydrogens is 319 g/mol. The van der Waals surface area contributed by atoms with E-state index in [-0.39, 0.29) is 0 Å². The molecular formula is C17H20Cl2N2O. The van der Waals surface area contributed by atoms with Crippen molar-refractivity contribution < 1.29 is 4.74 Å². The highest BCUT2D eigenvalue weighted by molar-refractivity contribution is 6.34. The molecule has 1 N–H and O–H groups in total. The first kappa shape index (κ1) is 16.9. The zero-order chi connectivity index (χ0) is 15.9. The van der Waals surface area contributed by atoms with Crippen molar-refractivity contribution in [2.75, 3.05) is 32.5 Å². The molecule has 0 atom stereocenters. The third-order valence-corrected chi connectivity index (χ3v) is 3.65. The summed E-state index contributed by atoms with van der Waals surface area (Å²) in [6, 6.07) is 13.0. The van der Waals surface area contributed by atoms with Gasteiger partial charge in [0.05, 0.1) is 10.7 Å². The van der Waals surface area contributed by atoms with Crippen molar-refractivity contribution in [2.24, 2.45) is 0 Å². The number of hydrogen-bond acceptors (Lipinski definition) is 3. The summed E-state index contributed by atoms with van der Waals surface area (Å²) in [6.07, 6.45) is 1.05. The zero-order valence-corrected chi connectivity index (χ0v) is 14.3. The van der Waals surface area contributed by atoms with Crippen LogP contribution in [0.3, 0.4) is 0 Å². The Hall–Kier alpha value is -1.42. The molecule has 118 valence electrons. The Morgan fingerprint density at radius 1 is 1.05 bits per heavy atom. The van der Waals surface area contributed by atoms with Crippen molar-refractivity contribution in [1.82, 2.24) is 4.90 Å². The Morgan fingerprint density at radius 2 is 1.82 bits per heavy atom. The largest absolute Gasteiger partial charge is 0.454 e. The normalized spacial score (nSPS) is 10.8. The third kappa shape index (κ3) is 5.09. The number of ether oxygens (including phenoxy) is 1. The van der Waals surface area contributed by atoms with Crippen molar-refractivity contribution >= 4 is 28.9 Å². The minimum absolute atomic E-state index is 0.534. The molecule has 0 heterocycles. The van der Waals surface area contributed by atoms with Crippen LogP contribution in [0.25, 0.3) is 0 Å². The topological polar surface area (TPSA) is 24.5 Å². The van der Waals surface area contributed by atoms with Crippen LogP contribution in [0.4, 0.5) is 5.69 Å². The first-order valence-corrected chi connectivity index (χ1v) is 7.92. The first-order valence-electron chi connectivity index (χ1n) is 7.17. The number of para-hydroxylation sites is 2. The predicted molar refractivity (Wildman–Crippen MR) is 94.6 cm³/mol. The van der Waals surface area contributed by atoms with Gasteiger partial charge in [-0.15, -0.1) is 0 Å². The van der Waals surface area contributed by atoms with Gasteiger partial charge in [-0.2, -0.15) is 0 Å². The second-order valence-electron chi connectivity index (χ2n) is 5.26. The Morgan fingerprint density at radius 3 is 2.59 bits per heavy atom. The van der Waals surface area contributed by atoms with Gasteiger partial charge in [0.1, 0.15) is 5.75 Å². The third-order valence-electron chi connectivity index (χ3n) is 3.10. The highest BCUT2D eigenvalue weighted by Crippen LogP contribution is 2.35. The number of hydrogen-bond donors (Lipinski definition) is 1. The zero-order valence-electron chi connectivity index (χ0n) is 12.8. The van der Waals surface area contributed by atoms with Gasteiger partial charge in [0.25, 0.3) is 0 Å². The fourth-order valence-corrected chi connectivity index (χ4v) is 2.31. The number of anilines is 1. The Kier molecular flexibility index (Phi) is 6.37. The lowest BCUT2D eigenvalue weighted by atomic mass is 10.2. The van der Waals surface area contributed by atoms with E-state index in [0.29, 0.717) is 15.8 Å². The molecule has 0 aliphatic heterocycles. The average molecular weight is 339 g/mol. The van der Waals surface area contributed by atoms with Gasteiger partial charge in [-0.05, 0) is 51.3 Å². The van der Waals surface area contributed by atoms with Crippen molar-refractivity contribution in [3.63, 3.8) is 0 Å². The maximum Gasteiger partial charge on any atom is 0.150 e. The van der Waals surface area contributed by atoms with Crippen LogP contribution in [-0.4, -0.2) is 32.1 Å². The molecule has 0 saturated carbocycles. The molecule has 0 unspecified atom stereocenters. The molecule has 5 heteroatoms. The summed E-state index contributed by atoms with van der Waals surface area (Å²) in [4.78, 5) is 2.16. The lowest BCUT2D eigenvalue weighted by Crippen LogP contribution is -2.16. The summed E-state index contributed by atoms with van der Waals surface area (Å²) in [5.41, 5.74) is 0.942. The van der Waals surface area contributed by atoms with Gasteiger partial charge in [0.15, 0.2) is 5.75 Å². The summed E-state index contributed by atoms with van der Waals surface area (Å²) < 4.78 is 5.91. The molecule has 0 aliphatic carbocycles. The SMILES string of the molecule is CN(C)CCCNc1ccccc1Oc1cc(Cl)ccc1Cl. The fourth-order valence-electron chi connectivity index (χ4n) is 1.99. The standard InChI is InChI=1S/C17H20Cl2N2O/c1-21(2)11-5-10-20-15-6-3-4-7-16(15)22-17-12-13(18)8-9-14(17)19/h3-4,6-9,12,20H,5,10-11H2,1-2H3. The highest BCUT2D eigenvalue weighted by atomic mass is 35.5. The van der Waals surface area contributed by atoms with Crippen LogP contribution in [0, 0.1) is 0 Å². The maximum atomic E-state index is 6.15. The number of nitrogens with one attached hydrogen (secondary N) is 1. The Balaban J connectivity index is 2.06. The van der Waals surface area contributed by atoms with E-state index in [1.807, 2.05) is 24.3 Å². The van der Waals surface area contributed by atoms with Crippen LogP contribution in [-0.2, 0) is 0 Å². The monoisotopic (exact) mass is 338 g/mol. The van der Waals surface area contributed by atoms with Gasteiger partial charge in [0, 0.05) is 17.6 Å². The lowest BCUT2D eigenvalue weighted by molar-refractivity contribution is 0.405. The smallest absolute Gasteiger partial charge is 0.150 e. The van der Waals surface area contributed by atoms with Gasteiger partial charge >= 0.3 is 0 Å². The number of nitrogens with zero attached hydrogens (tertiary/aromatic N) is 1. The average Bonchev–Trinajstić information content (AvgIpc) is 2.49. The minimum atomic E-state index is 0.534. The summed E-state index contributed by atoms with van der Waals surface area (Å²) in [7, 11) is 4.14. The summed E-state index contributed by atoms with van der Waals surface area (Å²) in [5.74, 6) is 1.29. The molecule has 0 saturated heterocycles. The van der Waals surface area contributed by atoms with Crippen LogP contribution in [0.5, 0.6) is 11.5 Å². The fraction of sp³-hybridized carbons (Fsp3) is 0.294. The Labute approximate surface area is 141 Å². The van der Waals surface area contributed by atoms with Crippen LogP contribution in [0.1, 0.15) is 6.42 Å².